The van der Waals surface area contributed by atoms with Gasteiger partial charge in [0.05, 0.1) is 54.4 Å². The molecule has 0 saturated heterocycles. The maximum absolute atomic E-state index is 7.06. The van der Waals surface area contributed by atoms with Gasteiger partial charge in [-0.1, -0.05) is 243 Å². The van der Waals surface area contributed by atoms with E-state index >= 15 is 0 Å². The fourth-order valence-electron chi connectivity index (χ4n) is 18.2. The fraction of sp³-hybridized carbons (Fsp3) is 0. The van der Waals surface area contributed by atoms with Crippen molar-refractivity contribution < 1.29 is 4.42 Å². The van der Waals surface area contributed by atoms with Crippen molar-refractivity contribution in [2.24, 2.45) is 0 Å². The van der Waals surface area contributed by atoms with E-state index in [0.29, 0.717) is 35.2 Å². The van der Waals surface area contributed by atoms with Gasteiger partial charge in [0.2, 0.25) is 11.9 Å². The normalized spacial score (nSPS) is 12.0. The summed E-state index contributed by atoms with van der Waals surface area (Å²) in [4.78, 5) is 41.3. The number of thiophene rings is 1. The van der Waals surface area contributed by atoms with E-state index in [0.717, 1.165) is 193 Å². The molecule has 0 amide bonds. The van der Waals surface area contributed by atoms with E-state index in [-0.39, 0.29) is 0 Å². The van der Waals surface area contributed by atoms with Crippen LogP contribution in [0.15, 0.2) is 381 Å². The Kier molecular flexibility index (Phi) is 15.0. The summed E-state index contributed by atoms with van der Waals surface area (Å²) in [5.74, 6) is 3.43. The van der Waals surface area contributed by atoms with Gasteiger partial charge in [-0.05, 0) is 160 Å². The van der Waals surface area contributed by atoms with Crippen LogP contribution in [0.4, 0.5) is 0 Å². The Morgan fingerprint density at radius 1 is 0.217 bits per heavy atom. The van der Waals surface area contributed by atoms with Gasteiger partial charge < -0.3 is 13.6 Å². The summed E-state index contributed by atoms with van der Waals surface area (Å²) in [7, 11) is 0. The van der Waals surface area contributed by atoms with E-state index in [1.54, 1.807) is 11.3 Å². The Bertz CT molecular complexity index is 8420. The van der Waals surface area contributed by atoms with Crippen molar-refractivity contribution >= 4 is 141 Å². The number of para-hydroxylation sites is 3. The van der Waals surface area contributed by atoms with E-state index in [1.165, 1.54) is 14.8 Å². The zero-order chi connectivity index (χ0) is 78.6. The topological polar surface area (TPSA) is 136 Å². The minimum absolute atomic E-state index is 0.506. The number of hydrogen-bond acceptors (Lipinski definition) is 10. The molecule has 14 heteroatoms. The molecule has 25 aromatic rings. The number of aromatic nitrogens is 12. The average Bonchev–Trinajstić information content (AvgIpc) is 1.59. The Labute approximate surface area is 688 Å². The molecule has 10 heterocycles. The number of pyridine rings is 2. The molecular formula is C106H62N12OS. The number of fused-ring (bicyclic) bond motifs is 18. The maximum atomic E-state index is 7.06. The van der Waals surface area contributed by atoms with Crippen LogP contribution >= 0.6 is 11.3 Å². The van der Waals surface area contributed by atoms with Crippen molar-refractivity contribution in [3.05, 3.63) is 376 Å². The lowest BCUT2D eigenvalue weighted by Crippen LogP contribution is -2.06. The van der Waals surface area contributed by atoms with Crippen LogP contribution in [0.2, 0.25) is 0 Å². The van der Waals surface area contributed by atoms with Crippen molar-refractivity contribution in [2.45, 2.75) is 0 Å². The second-order valence-electron chi connectivity index (χ2n) is 30.6. The summed E-state index contributed by atoms with van der Waals surface area (Å²) in [6, 6.07) is 129. The molecule has 0 atom stereocenters. The largest absolute Gasteiger partial charge is 0.454 e. The lowest BCUT2D eigenvalue weighted by Gasteiger charge is -2.12. The van der Waals surface area contributed by atoms with Crippen LogP contribution < -0.4 is 0 Å². The minimum Gasteiger partial charge on any atom is -0.454 e. The molecule has 0 aliphatic carbocycles. The molecule has 25 rings (SSSR count). The first-order valence-corrected chi connectivity index (χ1v) is 40.9. The number of benzene rings is 15. The summed E-state index contributed by atoms with van der Waals surface area (Å²) in [6.45, 7) is 0. The highest BCUT2D eigenvalue weighted by molar-refractivity contribution is 7.25. The summed E-state index contributed by atoms with van der Waals surface area (Å²) in [6.07, 6.45) is 3.78. The molecule has 0 saturated carbocycles. The summed E-state index contributed by atoms with van der Waals surface area (Å²) in [5.41, 5.74) is 25.7. The molecule has 0 fully saturated rings. The van der Waals surface area contributed by atoms with E-state index in [2.05, 4.69) is 279 Å². The molecule has 10 aromatic heterocycles. The lowest BCUT2D eigenvalue weighted by molar-refractivity contribution is 0.669. The molecule has 0 spiro atoms. The first-order chi connectivity index (χ1) is 59.4. The Morgan fingerprint density at radius 2 is 0.600 bits per heavy atom. The van der Waals surface area contributed by atoms with Gasteiger partial charge in [0.25, 0.3) is 0 Å². The number of rotatable bonds is 12. The number of nitrogens with zero attached hydrogens (tertiary/aromatic N) is 12. The third-order valence-electron chi connectivity index (χ3n) is 23.8. The van der Waals surface area contributed by atoms with Gasteiger partial charge in [-0.25, -0.2) is 9.97 Å². The Morgan fingerprint density at radius 3 is 1.11 bits per heavy atom. The van der Waals surface area contributed by atoms with Crippen LogP contribution in [0.1, 0.15) is 0 Å². The third kappa shape index (κ3) is 10.7. The molecule has 0 unspecified atom stereocenters. The van der Waals surface area contributed by atoms with E-state index in [9.17, 15) is 0 Å². The molecule has 15 aromatic carbocycles. The van der Waals surface area contributed by atoms with E-state index < -0.39 is 0 Å². The Balaban J connectivity index is 0.575. The fourth-order valence-corrected chi connectivity index (χ4v) is 19.2. The van der Waals surface area contributed by atoms with Gasteiger partial charge in [0.1, 0.15) is 11.1 Å². The van der Waals surface area contributed by atoms with Gasteiger partial charge in [0, 0.05) is 110 Å². The van der Waals surface area contributed by atoms with Gasteiger partial charge in [-0.2, -0.15) is 19.9 Å². The molecule has 0 aliphatic heterocycles. The van der Waals surface area contributed by atoms with E-state index in [4.69, 9.17) is 44.3 Å². The van der Waals surface area contributed by atoms with E-state index in [1.807, 2.05) is 116 Å². The molecule has 120 heavy (non-hydrogen) atoms. The van der Waals surface area contributed by atoms with Gasteiger partial charge in [0.15, 0.2) is 28.9 Å². The average molecular weight is 1550 g/mol. The predicted molar refractivity (Wildman–Crippen MR) is 490 cm³/mol. The van der Waals surface area contributed by atoms with Crippen molar-refractivity contribution in [2.75, 3.05) is 0 Å². The highest BCUT2D eigenvalue weighted by atomic mass is 32.1. The summed E-state index contributed by atoms with van der Waals surface area (Å²) >= 11 is 1.78. The summed E-state index contributed by atoms with van der Waals surface area (Å²) < 4.78 is 18.6. The second-order valence-corrected chi connectivity index (χ2v) is 31.7. The molecule has 0 bridgehead atoms. The first-order valence-electron chi connectivity index (χ1n) is 40.1. The van der Waals surface area contributed by atoms with Gasteiger partial charge >= 0.3 is 0 Å². The van der Waals surface area contributed by atoms with Crippen molar-refractivity contribution in [1.29, 1.82) is 0 Å². The Hall–Kier alpha value is -16.2. The van der Waals surface area contributed by atoms with Crippen LogP contribution in [-0.4, -0.2) is 58.1 Å². The van der Waals surface area contributed by atoms with Crippen LogP contribution in [0.5, 0.6) is 0 Å². The zero-order valence-electron chi connectivity index (χ0n) is 64.0. The minimum atomic E-state index is 0.506. The van der Waals surface area contributed by atoms with Crippen molar-refractivity contribution in [1.82, 2.24) is 58.1 Å². The maximum Gasteiger partial charge on any atom is 0.238 e. The molecule has 558 valence electrons. The quantitative estimate of drug-likeness (QED) is 0.117. The number of hydrogen-bond donors (Lipinski definition) is 0. The molecule has 13 nitrogen and oxygen atoms in total. The zero-order valence-corrected chi connectivity index (χ0v) is 64.8. The van der Waals surface area contributed by atoms with Crippen molar-refractivity contribution in [3.63, 3.8) is 0 Å². The molecular weight excluding hydrogens is 1490 g/mol. The van der Waals surface area contributed by atoms with Crippen LogP contribution in [0.25, 0.3) is 243 Å². The monoisotopic (exact) mass is 1550 g/mol. The highest BCUT2D eigenvalue weighted by Gasteiger charge is 2.26. The first kappa shape index (κ1) is 67.2. The third-order valence-corrected chi connectivity index (χ3v) is 24.9. The molecule has 0 radical (unpaired) electrons. The highest BCUT2D eigenvalue weighted by Crippen LogP contribution is 2.46. The molecule has 0 aliphatic rings. The predicted octanol–water partition coefficient (Wildman–Crippen LogP) is 26.8. The number of furan rings is 1. The van der Waals surface area contributed by atoms with Gasteiger partial charge in [-0.3, -0.25) is 19.1 Å². The van der Waals surface area contributed by atoms with Crippen LogP contribution in [0.3, 0.4) is 0 Å². The summed E-state index contributed by atoms with van der Waals surface area (Å²) in [5, 5.41) is 11.1. The second kappa shape index (κ2) is 26.7. The molecule has 0 N–H and O–H groups in total. The van der Waals surface area contributed by atoms with Crippen LogP contribution in [0, 0.1) is 0 Å². The van der Waals surface area contributed by atoms with Crippen LogP contribution in [-0.2, 0) is 0 Å². The SMILES string of the molecule is c1ccc(-c2nc(-c3ccccc3)nc(-n3c4ccccc4c4ccc(-c5ccc6c(c5)c5ccccc5n6-c5ccc(-c6ccnc7c6oc6cc(-c8ccc9c%10ccc(-c%11ccc%12c(c%11)c%11ccccc%11n%12-c%11ccc%12sc%13cccnc%13c%12c%11)cc%10n(-c%10nc(-c%11ccccc%11)nc(-c%11ccccc%11)n%10)c9c8)ccc67)cc5)cc43)n2)cc1. The van der Waals surface area contributed by atoms with Gasteiger partial charge in [-0.15, -0.1) is 11.3 Å². The van der Waals surface area contributed by atoms with Crippen molar-refractivity contribution in [3.8, 4) is 113 Å². The standard InChI is InChI=1S/C106H62N12OS/c1-5-20-64(21-6-1)101-109-102(65-22-7-2-8-23-65)112-105(111-101)117-89-33-18-13-28-77(89)80-46-37-70(58-92(80)117)68-41-50-90-84(56-68)78-29-14-16-31-87(78)115(90)74-43-35-63(36-44-74)76-53-55-108-99-83-49-40-73(61-95(83)119-100(76)99)72-39-48-82-81-47-38-71(59-93(81)118(94(82)60-72)106-113-103(66-24-9-3-10-25-66)110-104(114-106)67-26-11-4-12-27-67)69-42-51-91-85(57-69)79-30-15-17-32-88(79)116(91)75-45-52-96-86(62-75)98-97(120-96)34-19-54-107-98/h1-62H. The lowest BCUT2D eigenvalue weighted by atomic mass is 10.00. The smallest absolute Gasteiger partial charge is 0.238 e.